The summed E-state index contributed by atoms with van der Waals surface area (Å²) in [6, 6.07) is 10.9. The van der Waals surface area contributed by atoms with E-state index >= 15 is 0 Å². The van der Waals surface area contributed by atoms with Crippen LogP contribution in [0.2, 0.25) is 5.02 Å². The van der Waals surface area contributed by atoms with Crippen molar-refractivity contribution in [2.75, 3.05) is 13.1 Å². The van der Waals surface area contributed by atoms with Gasteiger partial charge < -0.3 is 15.3 Å². The van der Waals surface area contributed by atoms with Gasteiger partial charge in [0.1, 0.15) is 11.9 Å². The molecule has 0 radical (unpaired) electrons. The molecule has 0 spiro atoms. The molecule has 2 aliphatic rings. The van der Waals surface area contributed by atoms with Crippen LogP contribution in [0.4, 0.5) is 0 Å². The van der Waals surface area contributed by atoms with E-state index in [0.717, 1.165) is 27.9 Å². The normalized spacial score (nSPS) is 17.9. The van der Waals surface area contributed by atoms with Crippen molar-refractivity contribution in [2.24, 2.45) is 5.41 Å². The van der Waals surface area contributed by atoms with Gasteiger partial charge in [0.25, 0.3) is 5.56 Å². The Bertz CT molecular complexity index is 1850. The van der Waals surface area contributed by atoms with E-state index in [1.165, 1.54) is 0 Å². The van der Waals surface area contributed by atoms with Gasteiger partial charge in [0.15, 0.2) is 0 Å². The first kappa shape index (κ1) is 30.0. The van der Waals surface area contributed by atoms with Crippen molar-refractivity contribution in [1.82, 2.24) is 29.5 Å². The van der Waals surface area contributed by atoms with Crippen LogP contribution >= 0.6 is 11.6 Å². The summed E-state index contributed by atoms with van der Waals surface area (Å²) in [7, 11) is 0. The van der Waals surface area contributed by atoms with Crippen LogP contribution in [0.3, 0.4) is 0 Å². The van der Waals surface area contributed by atoms with Crippen LogP contribution in [-0.4, -0.2) is 66.4 Å². The van der Waals surface area contributed by atoms with E-state index in [1.807, 2.05) is 55.8 Å². The zero-order valence-corrected chi connectivity index (χ0v) is 26.4. The SMILES string of the molecule is CC1(C)c2cc(-c3cnn(CCC(=O)N[C@H](C(=O)N4CC[C@@H](O)C4)C(C)(C)C)c3)ccc2-n2c1nc(=O)c1c(Cl)cccc12. The second-order valence-corrected chi connectivity index (χ2v) is 13.8. The molecule has 4 aromatic rings. The molecule has 0 bridgehead atoms. The number of hydrogen-bond donors (Lipinski definition) is 2. The number of halogens is 1. The molecule has 10 nitrogen and oxygen atoms in total. The van der Waals surface area contributed by atoms with Crippen LogP contribution in [0, 0.1) is 5.41 Å². The number of aryl methyl sites for hydroxylation is 1. The molecule has 2 aromatic heterocycles. The van der Waals surface area contributed by atoms with Crippen LogP contribution in [0.15, 0.2) is 53.6 Å². The standard InChI is InChI=1S/C33H37ClN6O4/c1-32(2,3)28(30(44)38-13-11-21(41)18-38)36-26(42)12-14-39-17-20(16-35-39)19-9-10-24-22(15-19)33(4,5)31-37-29(43)27-23(34)7-6-8-25(27)40(24)31/h6-10,15-17,21,28,41H,11-14,18H2,1-5H3,(H,36,42)/t21-,28-/m1/s1. The zero-order valence-electron chi connectivity index (χ0n) is 25.6. The first-order chi connectivity index (χ1) is 20.8. The van der Waals surface area contributed by atoms with E-state index in [0.29, 0.717) is 42.3 Å². The van der Waals surface area contributed by atoms with Crippen molar-refractivity contribution in [2.45, 2.75) is 71.6 Å². The van der Waals surface area contributed by atoms with Gasteiger partial charge in [-0.05, 0) is 61.1 Å². The predicted molar refractivity (Wildman–Crippen MR) is 169 cm³/mol. The molecule has 0 unspecified atom stereocenters. The molecule has 2 aliphatic heterocycles. The fourth-order valence-corrected chi connectivity index (χ4v) is 6.53. The topological polar surface area (TPSA) is 122 Å². The average Bonchev–Trinajstić information content (AvgIpc) is 3.67. The molecule has 1 saturated heterocycles. The lowest BCUT2D eigenvalue weighted by molar-refractivity contribution is -0.139. The maximum atomic E-state index is 13.2. The summed E-state index contributed by atoms with van der Waals surface area (Å²) in [4.78, 5) is 45.2. The van der Waals surface area contributed by atoms with Gasteiger partial charge in [-0.15, -0.1) is 0 Å². The van der Waals surface area contributed by atoms with Gasteiger partial charge in [0.2, 0.25) is 11.8 Å². The van der Waals surface area contributed by atoms with Crippen LogP contribution in [0.1, 0.15) is 58.8 Å². The van der Waals surface area contributed by atoms with Gasteiger partial charge in [-0.1, -0.05) is 44.5 Å². The Morgan fingerprint density at radius 2 is 1.95 bits per heavy atom. The third kappa shape index (κ3) is 5.20. The third-order valence-corrected chi connectivity index (χ3v) is 9.08. The molecule has 4 heterocycles. The highest BCUT2D eigenvalue weighted by Gasteiger charge is 2.39. The first-order valence-electron chi connectivity index (χ1n) is 14.9. The van der Waals surface area contributed by atoms with Gasteiger partial charge in [0, 0.05) is 37.8 Å². The van der Waals surface area contributed by atoms with E-state index in [2.05, 4.69) is 35.3 Å². The lowest BCUT2D eigenvalue weighted by atomic mass is 9.84. The maximum Gasteiger partial charge on any atom is 0.282 e. The number of benzene rings is 2. The number of aliphatic hydroxyl groups is 1. The molecule has 0 saturated carbocycles. The smallest absolute Gasteiger partial charge is 0.282 e. The molecule has 2 amide bonds. The Balaban J connectivity index is 1.19. The predicted octanol–water partition coefficient (Wildman–Crippen LogP) is 4.06. The number of fused-ring (bicyclic) bond motifs is 5. The van der Waals surface area contributed by atoms with Crippen molar-refractivity contribution >= 4 is 34.3 Å². The number of likely N-dealkylation sites (tertiary alicyclic amines) is 1. The van der Waals surface area contributed by atoms with E-state index < -0.39 is 23.0 Å². The third-order valence-electron chi connectivity index (χ3n) is 8.76. The monoisotopic (exact) mass is 616 g/mol. The Morgan fingerprint density at radius 3 is 2.66 bits per heavy atom. The van der Waals surface area contributed by atoms with E-state index in [4.69, 9.17) is 11.6 Å². The van der Waals surface area contributed by atoms with E-state index in [9.17, 15) is 19.5 Å². The summed E-state index contributed by atoms with van der Waals surface area (Å²) >= 11 is 6.39. The van der Waals surface area contributed by atoms with Crippen LogP contribution in [0.25, 0.3) is 27.7 Å². The Kier molecular flexibility index (Phi) is 7.41. The first-order valence-corrected chi connectivity index (χ1v) is 15.3. The maximum absolute atomic E-state index is 13.2. The van der Waals surface area contributed by atoms with Crippen LogP contribution < -0.4 is 10.9 Å². The number of hydrogen-bond acceptors (Lipinski definition) is 6. The van der Waals surface area contributed by atoms with Gasteiger partial charge in [-0.25, -0.2) is 0 Å². The molecule has 6 rings (SSSR count). The number of aromatic nitrogens is 4. The summed E-state index contributed by atoms with van der Waals surface area (Å²) < 4.78 is 3.74. The number of aliphatic hydroxyl groups excluding tert-OH is 1. The zero-order chi connectivity index (χ0) is 31.6. The van der Waals surface area contributed by atoms with Crippen molar-refractivity contribution in [1.29, 1.82) is 0 Å². The number of nitrogens with zero attached hydrogens (tertiary/aromatic N) is 5. The van der Waals surface area contributed by atoms with Crippen LogP contribution in [0.5, 0.6) is 0 Å². The fraction of sp³-hybridized carbons (Fsp3) is 0.424. The minimum absolute atomic E-state index is 0.158. The Labute approximate surface area is 260 Å². The number of amides is 2. The van der Waals surface area contributed by atoms with Gasteiger partial charge in [-0.2, -0.15) is 10.1 Å². The number of β-amino-alcohol motifs (C(OH)–C–C–N with tert-alkyl or cyclic N) is 1. The molecule has 11 heteroatoms. The van der Waals surface area contributed by atoms with E-state index in [-0.39, 0.29) is 23.8 Å². The Morgan fingerprint density at radius 1 is 1.18 bits per heavy atom. The summed E-state index contributed by atoms with van der Waals surface area (Å²) in [5, 5.41) is 18.1. The second kappa shape index (κ2) is 10.9. The molecule has 1 fully saturated rings. The van der Waals surface area contributed by atoms with Crippen molar-refractivity contribution < 1.29 is 14.7 Å². The largest absolute Gasteiger partial charge is 0.391 e. The quantitative estimate of drug-likeness (QED) is 0.337. The van der Waals surface area contributed by atoms with Crippen molar-refractivity contribution in [3.05, 3.63) is 75.6 Å². The number of carbonyl (C=O) groups is 2. The highest BCUT2D eigenvalue weighted by molar-refractivity contribution is 6.35. The number of carbonyl (C=O) groups excluding carboxylic acids is 2. The molecular formula is C33H37ClN6O4. The van der Waals surface area contributed by atoms with Crippen molar-refractivity contribution in [3.8, 4) is 16.8 Å². The minimum atomic E-state index is -0.689. The lowest BCUT2D eigenvalue weighted by Gasteiger charge is -2.33. The number of nitrogens with one attached hydrogen (secondary N) is 1. The Hall–Kier alpha value is -4.02. The fourth-order valence-electron chi connectivity index (χ4n) is 6.28. The minimum Gasteiger partial charge on any atom is -0.391 e. The second-order valence-electron chi connectivity index (χ2n) is 13.4. The molecule has 2 atom stereocenters. The highest BCUT2D eigenvalue weighted by atomic mass is 35.5. The van der Waals surface area contributed by atoms with E-state index in [1.54, 1.807) is 21.8 Å². The molecule has 2 N–H and O–H groups in total. The molecule has 44 heavy (non-hydrogen) atoms. The lowest BCUT2D eigenvalue weighted by Crippen LogP contribution is -2.54. The summed E-state index contributed by atoms with van der Waals surface area (Å²) in [5.41, 5.74) is 3.21. The summed E-state index contributed by atoms with van der Waals surface area (Å²) in [6.45, 7) is 11.0. The molecular weight excluding hydrogens is 580 g/mol. The number of rotatable bonds is 6. The molecule has 2 aromatic carbocycles. The average molecular weight is 617 g/mol. The summed E-state index contributed by atoms with van der Waals surface area (Å²) in [6.07, 6.45) is 3.86. The summed E-state index contributed by atoms with van der Waals surface area (Å²) in [5.74, 6) is 0.266. The molecule has 230 valence electrons. The highest BCUT2D eigenvalue weighted by Crippen LogP contribution is 2.44. The van der Waals surface area contributed by atoms with Crippen LogP contribution in [-0.2, 0) is 21.5 Å². The molecule has 0 aliphatic carbocycles. The van der Waals surface area contributed by atoms with Gasteiger partial charge in [0.05, 0.1) is 39.3 Å². The van der Waals surface area contributed by atoms with Gasteiger partial charge >= 0.3 is 0 Å². The van der Waals surface area contributed by atoms with Crippen molar-refractivity contribution in [3.63, 3.8) is 0 Å². The van der Waals surface area contributed by atoms with Gasteiger partial charge in [-0.3, -0.25) is 23.6 Å².